The minimum absolute atomic E-state index is 0.118. The van der Waals surface area contributed by atoms with E-state index in [0.717, 1.165) is 48.1 Å². The van der Waals surface area contributed by atoms with Crippen molar-refractivity contribution in [1.29, 1.82) is 0 Å². The average molecular weight is 509 g/mol. The van der Waals surface area contributed by atoms with E-state index in [4.69, 9.17) is 22.3 Å². The lowest BCUT2D eigenvalue weighted by molar-refractivity contribution is 0.122. The van der Waals surface area contributed by atoms with Crippen molar-refractivity contribution in [1.82, 2.24) is 15.0 Å². The van der Waals surface area contributed by atoms with E-state index in [1.807, 2.05) is 18.2 Å². The van der Waals surface area contributed by atoms with Crippen molar-refractivity contribution in [2.75, 3.05) is 31.2 Å². The second-order valence-electron chi connectivity index (χ2n) is 7.47. The Labute approximate surface area is 198 Å². The van der Waals surface area contributed by atoms with E-state index in [1.165, 1.54) is 12.1 Å². The molecule has 4 rings (SSSR count). The molecule has 1 aromatic heterocycles. The molecule has 0 spiro atoms. The van der Waals surface area contributed by atoms with E-state index in [9.17, 15) is 13.0 Å². The van der Waals surface area contributed by atoms with Crippen LogP contribution in [0.2, 0.25) is 0 Å². The summed E-state index contributed by atoms with van der Waals surface area (Å²) in [6, 6.07) is 10.3. The van der Waals surface area contributed by atoms with Gasteiger partial charge in [-0.25, -0.2) is 4.98 Å². The van der Waals surface area contributed by atoms with Crippen LogP contribution in [0, 0.1) is 0 Å². The van der Waals surface area contributed by atoms with Gasteiger partial charge in [-0.15, -0.1) is 12.6 Å². The number of nitrogens with zero attached hydrogens (tertiary/aromatic N) is 4. The van der Waals surface area contributed by atoms with Gasteiger partial charge in [0.1, 0.15) is 11.6 Å². The van der Waals surface area contributed by atoms with Crippen molar-refractivity contribution in [2.45, 2.75) is 31.1 Å². The summed E-state index contributed by atoms with van der Waals surface area (Å²) in [6.45, 7) is 4.91. The van der Waals surface area contributed by atoms with Crippen LogP contribution in [0.5, 0.6) is 0 Å². The van der Waals surface area contributed by atoms with Gasteiger partial charge >= 0.3 is 10.6 Å². The Morgan fingerprint density at radius 1 is 1.03 bits per heavy atom. The Bertz CT molecular complexity index is 1370. The lowest BCUT2D eigenvalue weighted by Gasteiger charge is -2.27. The summed E-state index contributed by atoms with van der Waals surface area (Å²) in [5.41, 5.74) is 0.982. The summed E-state index contributed by atoms with van der Waals surface area (Å²) < 4.78 is 63.0. The van der Waals surface area contributed by atoms with Gasteiger partial charge in [0.2, 0.25) is 5.95 Å². The third-order valence-electron chi connectivity index (χ3n) is 5.07. The predicted octanol–water partition coefficient (Wildman–Crippen LogP) is 1.65. The molecule has 1 fully saturated rings. The smallest absolute Gasteiger partial charge is 0.378 e. The highest BCUT2D eigenvalue weighted by molar-refractivity contribution is 7.85. The monoisotopic (exact) mass is 508 g/mol. The fraction of sp³-hybridized carbons (Fsp3) is 0.381. The van der Waals surface area contributed by atoms with E-state index in [2.05, 4.69) is 21.8 Å². The Morgan fingerprint density at radius 3 is 2.35 bits per heavy atom. The molecule has 1 aliphatic rings. The van der Waals surface area contributed by atoms with Crippen molar-refractivity contribution in [3.05, 3.63) is 53.6 Å². The second-order valence-corrected chi connectivity index (χ2v) is 9.30. The first kappa shape index (κ1) is 25.6. The summed E-state index contributed by atoms with van der Waals surface area (Å²) in [5, 5.41) is 1.63. The van der Waals surface area contributed by atoms with Crippen molar-refractivity contribution < 1.29 is 30.3 Å². The molecule has 182 valence electrons. The molecule has 34 heavy (non-hydrogen) atoms. The van der Waals surface area contributed by atoms with E-state index in [1.54, 1.807) is 6.07 Å². The van der Waals surface area contributed by atoms with E-state index < -0.39 is 20.7 Å². The first-order chi connectivity index (χ1) is 16.2. The number of fused-ring (bicyclic) bond motifs is 1. The zero-order valence-corrected chi connectivity index (χ0v) is 20.0. The fourth-order valence-electron chi connectivity index (χ4n) is 3.59. The molecular formula is C21H24N4O7S2. The zero-order chi connectivity index (χ0) is 24.7. The van der Waals surface area contributed by atoms with Crippen molar-refractivity contribution in [3.63, 3.8) is 0 Å². The quantitative estimate of drug-likeness (QED) is 0.483. The first-order valence-corrected chi connectivity index (χ1v) is 12.9. The third kappa shape index (κ3) is 7.00. The predicted molar refractivity (Wildman–Crippen MR) is 123 cm³/mol. The van der Waals surface area contributed by atoms with Gasteiger partial charge in [0.05, 0.1) is 18.1 Å². The molecule has 2 aromatic carbocycles. The summed E-state index contributed by atoms with van der Waals surface area (Å²) in [6.07, 6.45) is 2.22. The number of benzene rings is 2. The molecule has 1 aliphatic heterocycles. The molecule has 13 heteroatoms. The number of anilines is 1. The van der Waals surface area contributed by atoms with E-state index >= 15 is 0 Å². The number of aryl methyl sites for hydroxylation is 1. The van der Waals surface area contributed by atoms with Gasteiger partial charge in [-0.1, -0.05) is 31.2 Å². The summed E-state index contributed by atoms with van der Waals surface area (Å²) in [5.74, 6) is 2.14. The SMILES string of the molecule is CCCc1nc(Cc2cccc3cc(S(=O)(=O)O)ccc23)nc(N2CCOCC2)n1.O=S(=O)=O. The number of rotatable bonds is 6. The number of hydrogen-bond acceptors (Lipinski definition) is 10. The van der Waals surface area contributed by atoms with Crippen LogP contribution in [-0.2, 0) is 38.3 Å². The van der Waals surface area contributed by atoms with Crippen LogP contribution in [0.15, 0.2) is 41.3 Å². The lowest BCUT2D eigenvalue weighted by atomic mass is 10.0. The van der Waals surface area contributed by atoms with Crippen LogP contribution >= 0.6 is 0 Å². The van der Waals surface area contributed by atoms with E-state index in [-0.39, 0.29) is 4.90 Å². The van der Waals surface area contributed by atoms with Crippen LogP contribution in [-0.4, -0.2) is 66.9 Å². The molecule has 2 heterocycles. The zero-order valence-electron chi connectivity index (χ0n) is 18.4. The summed E-state index contributed by atoms with van der Waals surface area (Å²) in [7, 11) is -7.36. The summed E-state index contributed by atoms with van der Waals surface area (Å²) in [4.78, 5) is 16.0. The van der Waals surface area contributed by atoms with Crippen LogP contribution in [0.25, 0.3) is 10.8 Å². The highest BCUT2D eigenvalue weighted by Crippen LogP contribution is 2.24. The Hall–Kier alpha value is -3.00. The molecule has 11 nitrogen and oxygen atoms in total. The largest absolute Gasteiger partial charge is 0.425 e. The Kier molecular flexibility index (Phi) is 8.61. The maximum absolute atomic E-state index is 11.5. The Morgan fingerprint density at radius 2 is 1.71 bits per heavy atom. The fourth-order valence-corrected chi connectivity index (χ4v) is 4.10. The Balaban J connectivity index is 0.000000751. The molecule has 0 amide bonds. The van der Waals surface area contributed by atoms with Crippen LogP contribution in [0.4, 0.5) is 5.95 Å². The number of ether oxygens (including phenoxy) is 1. The van der Waals surface area contributed by atoms with Crippen LogP contribution < -0.4 is 4.90 Å². The normalized spacial score (nSPS) is 13.9. The minimum atomic E-state index is -4.24. The molecule has 0 saturated carbocycles. The molecule has 0 aliphatic carbocycles. The second kappa shape index (κ2) is 11.4. The first-order valence-electron chi connectivity index (χ1n) is 10.5. The highest BCUT2D eigenvalue weighted by atomic mass is 32.2. The molecule has 0 bridgehead atoms. The van der Waals surface area contributed by atoms with Crippen molar-refractivity contribution >= 4 is 37.4 Å². The molecule has 0 unspecified atom stereocenters. The standard InChI is InChI=1S/C21H24N4O4S.O3S/c1-2-4-19-22-20(24-21(23-19)25-9-11-29-12-10-25)14-16-6-3-5-15-13-17(30(26,27)28)7-8-18(15)16;1-4(2)3/h3,5-8,13H,2,4,9-12,14H2,1H3,(H,26,27,28);. The number of hydrogen-bond donors (Lipinski definition) is 1. The molecule has 1 saturated heterocycles. The van der Waals surface area contributed by atoms with Gasteiger partial charge < -0.3 is 9.64 Å². The number of morpholine rings is 1. The van der Waals surface area contributed by atoms with Gasteiger partial charge in [0, 0.05) is 25.9 Å². The average Bonchev–Trinajstić information content (AvgIpc) is 2.79. The van der Waals surface area contributed by atoms with Gasteiger partial charge in [-0.05, 0) is 34.9 Å². The van der Waals surface area contributed by atoms with Crippen molar-refractivity contribution in [2.24, 2.45) is 0 Å². The van der Waals surface area contributed by atoms with Gasteiger partial charge in [0.25, 0.3) is 10.1 Å². The van der Waals surface area contributed by atoms with Gasteiger partial charge in [0.15, 0.2) is 0 Å². The summed E-state index contributed by atoms with van der Waals surface area (Å²) >= 11 is 0. The molecule has 3 aromatic rings. The minimum Gasteiger partial charge on any atom is -0.378 e. The topological polar surface area (TPSA) is 157 Å². The van der Waals surface area contributed by atoms with Gasteiger partial charge in [-0.3, -0.25) is 4.55 Å². The lowest BCUT2D eigenvalue weighted by Crippen LogP contribution is -2.37. The maximum atomic E-state index is 11.5. The van der Waals surface area contributed by atoms with Crippen molar-refractivity contribution in [3.8, 4) is 0 Å². The van der Waals surface area contributed by atoms with Crippen LogP contribution in [0.3, 0.4) is 0 Å². The molecule has 0 atom stereocenters. The maximum Gasteiger partial charge on any atom is 0.425 e. The highest BCUT2D eigenvalue weighted by Gasteiger charge is 2.17. The van der Waals surface area contributed by atoms with Crippen LogP contribution in [0.1, 0.15) is 30.6 Å². The van der Waals surface area contributed by atoms with Gasteiger partial charge in [-0.2, -0.15) is 18.4 Å². The third-order valence-corrected chi connectivity index (χ3v) is 5.92. The number of aromatic nitrogens is 3. The molecule has 1 N–H and O–H groups in total. The molecule has 0 radical (unpaired) electrons. The van der Waals surface area contributed by atoms with E-state index in [0.29, 0.717) is 31.4 Å². The molecular weight excluding hydrogens is 484 g/mol.